The lowest BCUT2D eigenvalue weighted by Gasteiger charge is -2.14. The van der Waals surface area contributed by atoms with E-state index < -0.39 is 9.84 Å². The molecular weight excluding hydrogens is 429 g/mol. The fourth-order valence-corrected chi connectivity index (χ4v) is 3.57. The molecule has 0 saturated heterocycles. The van der Waals surface area contributed by atoms with E-state index in [9.17, 15) is 8.42 Å². The highest BCUT2D eigenvalue weighted by Crippen LogP contribution is 2.26. The summed E-state index contributed by atoms with van der Waals surface area (Å²) in [7, 11) is -2.88. The molecule has 0 aliphatic rings. The molecule has 0 heterocycles. The average Bonchev–Trinajstić information content (AvgIpc) is 2.32. The van der Waals surface area contributed by atoms with E-state index in [2.05, 4.69) is 38.5 Å². The van der Waals surface area contributed by atoms with Crippen LogP contribution in [0.25, 0.3) is 0 Å². The minimum absolute atomic E-state index is 0.124. The zero-order chi connectivity index (χ0) is 13.8. The molecule has 3 nitrogen and oxygen atoms in total. The van der Waals surface area contributed by atoms with Gasteiger partial charge >= 0.3 is 0 Å². The molecule has 0 fully saturated rings. The van der Waals surface area contributed by atoms with Gasteiger partial charge in [0.05, 0.1) is 5.75 Å². The summed E-state index contributed by atoms with van der Waals surface area (Å²) < 4.78 is 24.9. The van der Waals surface area contributed by atoms with Gasteiger partial charge in [-0.1, -0.05) is 22.9 Å². The molecule has 0 spiro atoms. The van der Waals surface area contributed by atoms with Gasteiger partial charge < -0.3 is 5.73 Å². The third-order valence-electron chi connectivity index (χ3n) is 2.77. The molecule has 6 heteroatoms. The van der Waals surface area contributed by atoms with Crippen LogP contribution in [0.5, 0.6) is 0 Å². The Balaban J connectivity index is 2.61. The maximum Gasteiger partial charge on any atom is 0.150 e. The van der Waals surface area contributed by atoms with Crippen molar-refractivity contribution in [3.8, 4) is 0 Å². The predicted octanol–water partition coefficient (Wildman–Crippen LogP) is 3.27. The van der Waals surface area contributed by atoms with Crippen LogP contribution in [0.3, 0.4) is 0 Å². The number of halogens is 2. The SMILES string of the molecule is CCS(=O)(=O)CCCC(N)c1cc(I)ccc1Br. The first-order valence-electron chi connectivity index (χ1n) is 5.76. The number of hydrogen-bond donors (Lipinski definition) is 1. The second-order valence-corrected chi connectivity index (χ2v) is 8.72. The first-order chi connectivity index (χ1) is 8.35. The molecular formula is C12H17BrINO2S. The molecule has 1 atom stereocenters. The van der Waals surface area contributed by atoms with E-state index >= 15 is 0 Å². The van der Waals surface area contributed by atoms with Crippen molar-refractivity contribution in [3.63, 3.8) is 0 Å². The summed E-state index contributed by atoms with van der Waals surface area (Å²) in [6, 6.07) is 5.88. The third-order valence-corrected chi connectivity index (χ3v) is 5.95. The first kappa shape index (κ1) is 16.4. The Morgan fingerprint density at radius 1 is 1.44 bits per heavy atom. The lowest BCUT2D eigenvalue weighted by molar-refractivity contribution is 0.583. The second-order valence-electron chi connectivity index (χ2n) is 4.15. The second kappa shape index (κ2) is 7.21. The van der Waals surface area contributed by atoms with E-state index in [4.69, 9.17) is 5.73 Å². The minimum Gasteiger partial charge on any atom is -0.324 e. The molecule has 0 amide bonds. The van der Waals surface area contributed by atoms with Crippen molar-refractivity contribution in [1.82, 2.24) is 0 Å². The quantitative estimate of drug-likeness (QED) is 0.683. The Morgan fingerprint density at radius 2 is 2.11 bits per heavy atom. The van der Waals surface area contributed by atoms with Gasteiger partial charge in [-0.3, -0.25) is 0 Å². The van der Waals surface area contributed by atoms with Crippen LogP contribution in [-0.2, 0) is 9.84 Å². The Morgan fingerprint density at radius 3 is 2.72 bits per heavy atom. The summed E-state index contributed by atoms with van der Waals surface area (Å²) in [6.07, 6.45) is 1.28. The Bertz CT molecular complexity index is 505. The van der Waals surface area contributed by atoms with E-state index in [1.807, 2.05) is 18.2 Å². The molecule has 0 aromatic heterocycles. The molecule has 0 saturated carbocycles. The van der Waals surface area contributed by atoms with Crippen molar-refractivity contribution in [3.05, 3.63) is 31.8 Å². The smallest absolute Gasteiger partial charge is 0.150 e. The number of benzene rings is 1. The predicted molar refractivity (Wildman–Crippen MR) is 87.3 cm³/mol. The van der Waals surface area contributed by atoms with Crippen molar-refractivity contribution in [1.29, 1.82) is 0 Å². The largest absolute Gasteiger partial charge is 0.324 e. The Kier molecular flexibility index (Phi) is 6.57. The summed E-state index contributed by atoms with van der Waals surface area (Å²) in [5.41, 5.74) is 7.15. The fraction of sp³-hybridized carbons (Fsp3) is 0.500. The highest BCUT2D eigenvalue weighted by Gasteiger charge is 2.13. The summed E-state index contributed by atoms with van der Waals surface area (Å²) in [5, 5.41) is 0. The van der Waals surface area contributed by atoms with Gasteiger partial charge in [-0.15, -0.1) is 0 Å². The van der Waals surface area contributed by atoms with E-state index in [0.717, 1.165) is 13.6 Å². The molecule has 1 unspecified atom stereocenters. The van der Waals surface area contributed by atoms with Crippen LogP contribution in [0.4, 0.5) is 0 Å². The fourth-order valence-electron chi connectivity index (χ4n) is 1.62. The number of sulfone groups is 1. The molecule has 0 aliphatic carbocycles. The zero-order valence-corrected chi connectivity index (χ0v) is 14.8. The van der Waals surface area contributed by atoms with Crippen molar-refractivity contribution in [2.45, 2.75) is 25.8 Å². The highest BCUT2D eigenvalue weighted by atomic mass is 127. The Labute approximate surface area is 131 Å². The van der Waals surface area contributed by atoms with Gasteiger partial charge in [0.15, 0.2) is 0 Å². The molecule has 1 aromatic carbocycles. The van der Waals surface area contributed by atoms with Gasteiger partial charge in [0.1, 0.15) is 9.84 Å². The van der Waals surface area contributed by atoms with E-state index in [1.54, 1.807) is 6.92 Å². The minimum atomic E-state index is -2.88. The summed E-state index contributed by atoms with van der Waals surface area (Å²) in [4.78, 5) is 0. The average molecular weight is 446 g/mol. The lowest BCUT2D eigenvalue weighted by Crippen LogP contribution is -2.14. The van der Waals surface area contributed by atoms with Gasteiger partial charge in [-0.2, -0.15) is 0 Å². The van der Waals surface area contributed by atoms with Crippen LogP contribution in [0.15, 0.2) is 22.7 Å². The lowest BCUT2D eigenvalue weighted by atomic mass is 10.0. The van der Waals surface area contributed by atoms with Gasteiger partial charge in [-0.25, -0.2) is 8.42 Å². The van der Waals surface area contributed by atoms with Crippen molar-refractivity contribution in [2.75, 3.05) is 11.5 Å². The van der Waals surface area contributed by atoms with Crippen molar-refractivity contribution < 1.29 is 8.42 Å². The van der Waals surface area contributed by atoms with Crippen LogP contribution in [0, 0.1) is 3.57 Å². The van der Waals surface area contributed by atoms with Gasteiger partial charge in [-0.05, 0) is 59.2 Å². The topological polar surface area (TPSA) is 60.2 Å². The third kappa shape index (κ3) is 5.14. The number of hydrogen-bond acceptors (Lipinski definition) is 3. The summed E-state index contributed by atoms with van der Waals surface area (Å²) in [6.45, 7) is 1.67. The molecule has 0 aliphatic heterocycles. The molecule has 1 rings (SSSR count). The van der Waals surface area contributed by atoms with Gasteiger partial charge in [0, 0.05) is 19.8 Å². The monoisotopic (exact) mass is 445 g/mol. The Hall–Kier alpha value is 0.340. The highest BCUT2D eigenvalue weighted by molar-refractivity contribution is 14.1. The molecule has 18 heavy (non-hydrogen) atoms. The maximum atomic E-state index is 11.4. The number of nitrogens with two attached hydrogens (primary N) is 1. The summed E-state index contributed by atoms with van der Waals surface area (Å²) >= 11 is 5.71. The number of rotatable bonds is 6. The normalized spacial score (nSPS) is 13.6. The molecule has 0 radical (unpaired) electrons. The molecule has 0 bridgehead atoms. The van der Waals surface area contributed by atoms with Gasteiger partial charge in [0.2, 0.25) is 0 Å². The van der Waals surface area contributed by atoms with E-state index in [1.165, 1.54) is 0 Å². The molecule has 1 aromatic rings. The van der Waals surface area contributed by atoms with Crippen LogP contribution in [0.2, 0.25) is 0 Å². The van der Waals surface area contributed by atoms with Crippen LogP contribution in [-0.4, -0.2) is 19.9 Å². The van der Waals surface area contributed by atoms with Crippen LogP contribution < -0.4 is 5.73 Å². The van der Waals surface area contributed by atoms with Crippen molar-refractivity contribution in [2.24, 2.45) is 5.73 Å². The zero-order valence-electron chi connectivity index (χ0n) is 10.2. The standard InChI is InChI=1S/C12H17BrINO2S/c1-2-18(16,17)7-3-4-12(15)10-8-9(14)5-6-11(10)13/h5-6,8,12H,2-4,7,15H2,1H3. The summed E-state index contributed by atoms with van der Waals surface area (Å²) in [5.74, 6) is 0.425. The first-order valence-corrected chi connectivity index (χ1v) is 9.46. The molecule has 102 valence electrons. The van der Waals surface area contributed by atoms with Crippen molar-refractivity contribution >= 4 is 48.4 Å². The maximum absolute atomic E-state index is 11.4. The van der Waals surface area contributed by atoms with Crippen LogP contribution in [0.1, 0.15) is 31.4 Å². The molecule has 2 N–H and O–H groups in total. The van der Waals surface area contributed by atoms with Crippen LogP contribution >= 0.6 is 38.5 Å². The van der Waals surface area contributed by atoms with Gasteiger partial charge in [0.25, 0.3) is 0 Å². The van der Waals surface area contributed by atoms with E-state index in [-0.39, 0.29) is 17.5 Å². The van der Waals surface area contributed by atoms with E-state index in [0.29, 0.717) is 12.8 Å².